The van der Waals surface area contributed by atoms with Crippen LogP contribution in [-0.4, -0.2) is 13.1 Å². The van der Waals surface area contributed by atoms with Crippen LogP contribution >= 0.6 is 0 Å². The van der Waals surface area contributed by atoms with Gasteiger partial charge in [0, 0.05) is 24.2 Å². The van der Waals surface area contributed by atoms with Gasteiger partial charge in [-0.1, -0.05) is 0 Å². The lowest BCUT2D eigenvalue weighted by molar-refractivity contribution is 0.509. The number of hydrogen-bond donors (Lipinski definition) is 2. The van der Waals surface area contributed by atoms with Crippen molar-refractivity contribution in [2.75, 3.05) is 13.1 Å². The molecule has 0 saturated carbocycles. The molecular formula is C10H13F3N2. The first-order valence-electron chi connectivity index (χ1n) is 4.69. The molecule has 0 aliphatic carbocycles. The number of nitrogens with one attached hydrogen (secondary N) is 1. The van der Waals surface area contributed by atoms with Gasteiger partial charge in [0.25, 0.3) is 0 Å². The molecule has 0 aromatic heterocycles. The molecule has 0 aliphatic heterocycles. The van der Waals surface area contributed by atoms with Crippen molar-refractivity contribution < 1.29 is 13.2 Å². The smallest absolute Gasteiger partial charge is 0.133 e. The van der Waals surface area contributed by atoms with Crippen LogP contribution in [0.1, 0.15) is 12.0 Å². The van der Waals surface area contributed by atoms with Crippen molar-refractivity contribution in [3.05, 3.63) is 35.1 Å². The minimum Gasteiger partial charge on any atom is -0.330 e. The first kappa shape index (κ1) is 12.0. The summed E-state index contributed by atoms with van der Waals surface area (Å²) in [6.07, 6.45) is 0.727. The van der Waals surface area contributed by atoms with Crippen molar-refractivity contribution in [3.8, 4) is 0 Å². The fourth-order valence-corrected chi connectivity index (χ4v) is 1.18. The normalized spacial score (nSPS) is 10.7. The maximum atomic E-state index is 13.1. The van der Waals surface area contributed by atoms with Crippen LogP contribution in [0.25, 0.3) is 0 Å². The fourth-order valence-electron chi connectivity index (χ4n) is 1.18. The molecule has 0 atom stereocenters. The van der Waals surface area contributed by atoms with Crippen molar-refractivity contribution in [1.29, 1.82) is 0 Å². The highest BCUT2D eigenvalue weighted by Gasteiger charge is 2.10. The second-order valence-corrected chi connectivity index (χ2v) is 3.17. The van der Waals surface area contributed by atoms with E-state index in [1.165, 1.54) is 0 Å². The van der Waals surface area contributed by atoms with E-state index >= 15 is 0 Å². The van der Waals surface area contributed by atoms with E-state index in [1.54, 1.807) is 0 Å². The molecule has 3 N–H and O–H groups in total. The molecule has 2 nitrogen and oxygen atoms in total. The average Bonchev–Trinajstić information content (AvgIpc) is 2.15. The predicted octanol–water partition coefficient (Wildman–Crippen LogP) is 1.54. The van der Waals surface area contributed by atoms with Crippen LogP contribution < -0.4 is 11.1 Å². The summed E-state index contributed by atoms with van der Waals surface area (Å²) < 4.78 is 38.7. The van der Waals surface area contributed by atoms with E-state index in [0.717, 1.165) is 6.42 Å². The molecule has 0 saturated heterocycles. The first-order valence-corrected chi connectivity index (χ1v) is 4.69. The molecule has 5 heteroatoms. The molecule has 84 valence electrons. The molecular weight excluding hydrogens is 205 g/mol. The SMILES string of the molecule is NCCCNCc1c(F)cc(F)cc1F. The Bertz CT molecular complexity index is 305. The summed E-state index contributed by atoms with van der Waals surface area (Å²) in [5.41, 5.74) is 5.10. The standard InChI is InChI=1S/C10H13F3N2/c11-7-4-9(12)8(10(13)5-7)6-15-3-1-2-14/h4-5,15H,1-3,6,14H2. The highest BCUT2D eigenvalue weighted by Crippen LogP contribution is 2.14. The molecule has 0 amide bonds. The summed E-state index contributed by atoms with van der Waals surface area (Å²) in [6.45, 7) is 1.13. The molecule has 0 fully saturated rings. The zero-order valence-electron chi connectivity index (χ0n) is 8.19. The van der Waals surface area contributed by atoms with Crippen LogP contribution in [0.4, 0.5) is 13.2 Å². The Morgan fingerprint density at radius 1 is 1.13 bits per heavy atom. The second kappa shape index (κ2) is 5.72. The number of halogens is 3. The zero-order valence-corrected chi connectivity index (χ0v) is 8.19. The average molecular weight is 218 g/mol. The monoisotopic (exact) mass is 218 g/mol. The number of nitrogens with two attached hydrogens (primary N) is 1. The minimum atomic E-state index is -0.907. The van der Waals surface area contributed by atoms with Gasteiger partial charge in [0.05, 0.1) is 0 Å². The Hall–Kier alpha value is -1.07. The lowest BCUT2D eigenvalue weighted by atomic mass is 10.2. The van der Waals surface area contributed by atoms with E-state index in [4.69, 9.17) is 5.73 Å². The third kappa shape index (κ3) is 3.53. The third-order valence-corrected chi connectivity index (χ3v) is 1.97. The molecule has 0 heterocycles. The van der Waals surface area contributed by atoms with E-state index < -0.39 is 17.5 Å². The zero-order chi connectivity index (χ0) is 11.3. The van der Waals surface area contributed by atoms with Crippen LogP contribution in [0.2, 0.25) is 0 Å². The van der Waals surface area contributed by atoms with Gasteiger partial charge in [0.15, 0.2) is 0 Å². The van der Waals surface area contributed by atoms with Gasteiger partial charge in [-0.3, -0.25) is 0 Å². The molecule has 0 spiro atoms. The molecule has 0 radical (unpaired) electrons. The van der Waals surface area contributed by atoms with Gasteiger partial charge >= 0.3 is 0 Å². The van der Waals surface area contributed by atoms with E-state index in [9.17, 15) is 13.2 Å². The predicted molar refractivity (Wildman–Crippen MR) is 51.7 cm³/mol. The number of hydrogen-bond acceptors (Lipinski definition) is 2. The van der Waals surface area contributed by atoms with E-state index in [0.29, 0.717) is 25.2 Å². The van der Waals surface area contributed by atoms with Crippen LogP contribution in [0.15, 0.2) is 12.1 Å². The molecule has 0 aliphatic rings. The van der Waals surface area contributed by atoms with Gasteiger partial charge in [-0.2, -0.15) is 0 Å². The Morgan fingerprint density at radius 2 is 1.73 bits per heavy atom. The van der Waals surface area contributed by atoms with Crippen molar-refractivity contribution in [1.82, 2.24) is 5.32 Å². The van der Waals surface area contributed by atoms with Gasteiger partial charge in [-0.25, -0.2) is 13.2 Å². The van der Waals surface area contributed by atoms with Gasteiger partial charge in [-0.15, -0.1) is 0 Å². The lowest BCUT2D eigenvalue weighted by Crippen LogP contribution is -2.19. The molecule has 15 heavy (non-hydrogen) atoms. The molecule has 1 aromatic rings. The van der Waals surface area contributed by atoms with E-state index in [-0.39, 0.29) is 12.1 Å². The fraction of sp³-hybridized carbons (Fsp3) is 0.400. The van der Waals surface area contributed by atoms with Crippen molar-refractivity contribution in [2.24, 2.45) is 5.73 Å². The highest BCUT2D eigenvalue weighted by atomic mass is 19.1. The molecule has 0 bridgehead atoms. The maximum Gasteiger partial charge on any atom is 0.133 e. The summed E-state index contributed by atoms with van der Waals surface area (Å²) in [5.74, 6) is -2.64. The highest BCUT2D eigenvalue weighted by molar-refractivity contribution is 5.20. The van der Waals surface area contributed by atoms with Crippen LogP contribution in [0.3, 0.4) is 0 Å². The Balaban J connectivity index is 2.60. The second-order valence-electron chi connectivity index (χ2n) is 3.17. The van der Waals surface area contributed by atoms with Crippen molar-refractivity contribution in [2.45, 2.75) is 13.0 Å². The topological polar surface area (TPSA) is 38.0 Å². The van der Waals surface area contributed by atoms with E-state index in [2.05, 4.69) is 5.32 Å². The van der Waals surface area contributed by atoms with Crippen molar-refractivity contribution >= 4 is 0 Å². The van der Waals surface area contributed by atoms with Crippen LogP contribution in [0, 0.1) is 17.5 Å². The van der Waals surface area contributed by atoms with Gasteiger partial charge in [0.2, 0.25) is 0 Å². The summed E-state index contributed by atoms with van der Waals surface area (Å²) in [5, 5.41) is 2.82. The minimum absolute atomic E-state index is 0.0396. The van der Waals surface area contributed by atoms with Gasteiger partial charge in [0.1, 0.15) is 17.5 Å². The number of rotatable bonds is 5. The summed E-state index contributed by atoms with van der Waals surface area (Å²) in [7, 11) is 0. The first-order chi connectivity index (χ1) is 7.15. The maximum absolute atomic E-state index is 13.1. The van der Waals surface area contributed by atoms with E-state index in [1.807, 2.05) is 0 Å². The lowest BCUT2D eigenvalue weighted by Gasteiger charge is -2.06. The van der Waals surface area contributed by atoms with Crippen molar-refractivity contribution in [3.63, 3.8) is 0 Å². The Morgan fingerprint density at radius 3 is 2.27 bits per heavy atom. The van der Waals surface area contributed by atoms with Crippen LogP contribution in [-0.2, 0) is 6.54 Å². The van der Waals surface area contributed by atoms with Gasteiger partial charge in [-0.05, 0) is 19.5 Å². The molecule has 1 rings (SSSR count). The summed E-state index contributed by atoms with van der Waals surface area (Å²) >= 11 is 0. The van der Waals surface area contributed by atoms with Crippen LogP contribution in [0.5, 0.6) is 0 Å². The molecule has 1 aromatic carbocycles. The van der Waals surface area contributed by atoms with Gasteiger partial charge < -0.3 is 11.1 Å². The summed E-state index contributed by atoms with van der Waals surface area (Å²) in [4.78, 5) is 0. The quantitative estimate of drug-likeness (QED) is 0.736. The number of benzene rings is 1. The Labute approximate surface area is 86.3 Å². The third-order valence-electron chi connectivity index (χ3n) is 1.97. The largest absolute Gasteiger partial charge is 0.330 e. The molecule has 0 unspecified atom stereocenters. The Kier molecular flexibility index (Phi) is 4.58. The summed E-state index contributed by atoms with van der Waals surface area (Å²) in [6, 6.07) is 1.34.